The van der Waals surface area contributed by atoms with E-state index >= 15 is 0 Å². The molecule has 1 aromatic carbocycles. The highest BCUT2D eigenvalue weighted by atomic mass is 16.7. The summed E-state index contributed by atoms with van der Waals surface area (Å²) in [4.78, 5) is 15.2. The zero-order valence-electron chi connectivity index (χ0n) is 11.8. The zero-order chi connectivity index (χ0) is 15.7. The molecule has 3 N–H and O–H groups in total. The first kappa shape index (κ1) is 14.1. The first-order valence-corrected chi connectivity index (χ1v) is 6.51. The normalized spacial score (nSPS) is 13.9. The van der Waals surface area contributed by atoms with Gasteiger partial charge in [0.15, 0.2) is 6.79 Å². The molecule has 0 aliphatic carbocycles. The maximum Gasteiger partial charge on any atom is 0.335 e. The van der Waals surface area contributed by atoms with Gasteiger partial charge in [-0.3, -0.25) is 0 Å². The molecule has 2 heterocycles. The van der Waals surface area contributed by atoms with Crippen molar-refractivity contribution < 1.29 is 19.4 Å². The predicted octanol–water partition coefficient (Wildman–Crippen LogP) is 1.22. The Hall–Kier alpha value is -2.87. The number of anilines is 1. The third-order valence-corrected chi connectivity index (χ3v) is 3.14. The third-order valence-electron chi connectivity index (χ3n) is 3.14. The Morgan fingerprint density at radius 2 is 2.36 bits per heavy atom. The van der Waals surface area contributed by atoms with Crippen LogP contribution < -0.4 is 10.5 Å². The van der Waals surface area contributed by atoms with Crippen molar-refractivity contribution in [3.63, 3.8) is 0 Å². The number of nitrogen functional groups attached to an aromatic ring is 1. The van der Waals surface area contributed by atoms with Crippen LogP contribution in [-0.4, -0.2) is 33.7 Å². The molecule has 8 heteroatoms. The molecule has 1 aliphatic heterocycles. The Labute approximate surface area is 125 Å². The summed E-state index contributed by atoms with van der Waals surface area (Å²) in [6.07, 6.45) is 3.16. The van der Waals surface area contributed by atoms with Gasteiger partial charge in [-0.2, -0.15) is 5.10 Å². The predicted molar refractivity (Wildman–Crippen MR) is 78.1 cm³/mol. The van der Waals surface area contributed by atoms with E-state index in [0.29, 0.717) is 23.5 Å². The SMILES string of the molecule is Cc1cn(N=Cc2cc(C(=O)O)cc3c2OCOC3)c(N)n1. The number of hydrogen-bond acceptors (Lipinski definition) is 6. The lowest BCUT2D eigenvalue weighted by atomic mass is 10.0. The number of fused-ring (bicyclic) bond motifs is 1. The van der Waals surface area contributed by atoms with Crippen molar-refractivity contribution in [3.05, 3.63) is 40.7 Å². The van der Waals surface area contributed by atoms with Gasteiger partial charge in [0.1, 0.15) is 5.75 Å². The van der Waals surface area contributed by atoms with E-state index in [2.05, 4.69) is 10.1 Å². The molecule has 0 amide bonds. The lowest BCUT2D eigenvalue weighted by molar-refractivity contribution is -0.0165. The van der Waals surface area contributed by atoms with E-state index in [4.69, 9.17) is 15.2 Å². The number of carboxylic acid groups (broad SMARTS) is 1. The molecule has 2 aromatic rings. The van der Waals surface area contributed by atoms with Crippen molar-refractivity contribution in [2.75, 3.05) is 12.5 Å². The van der Waals surface area contributed by atoms with Gasteiger partial charge >= 0.3 is 5.97 Å². The zero-order valence-corrected chi connectivity index (χ0v) is 11.8. The van der Waals surface area contributed by atoms with E-state index in [0.717, 1.165) is 5.69 Å². The van der Waals surface area contributed by atoms with Crippen molar-refractivity contribution >= 4 is 18.1 Å². The van der Waals surface area contributed by atoms with Crippen LogP contribution in [-0.2, 0) is 11.3 Å². The minimum Gasteiger partial charge on any atom is -0.478 e. The van der Waals surface area contributed by atoms with Crippen LogP contribution in [0, 0.1) is 6.92 Å². The van der Waals surface area contributed by atoms with Crippen LogP contribution in [0.3, 0.4) is 0 Å². The molecule has 8 nitrogen and oxygen atoms in total. The molecule has 0 saturated heterocycles. The number of nitrogens with zero attached hydrogens (tertiary/aromatic N) is 3. The second-order valence-corrected chi connectivity index (χ2v) is 4.80. The van der Waals surface area contributed by atoms with Gasteiger partial charge < -0.3 is 20.3 Å². The number of aryl methyl sites for hydroxylation is 1. The highest BCUT2D eigenvalue weighted by Gasteiger charge is 2.18. The Morgan fingerprint density at radius 1 is 1.55 bits per heavy atom. The fourth-order valence-corrected chi connectivity index (χ4v) is 2.19. The van der Waals surface area contributed by atoms with E-state index in [1.807, 2.05) is 0 Å². The average molecular weight is 302 g/mol. The fraction of sp³-hybridized carbons (Fsp3) is 0.214. The van der Waals surface area contributed by atoms with Gasteiger partial charge in [0.25, 0.3) is 0 Å². The summed E-state index contributed by atoms with van der Waals surface area (Å²) >= 11 is 0. The lowest BCUT2D eigenvalue weighted by Gasteiger charge is -2.20. The van der Waals surface area contributed by atoms with Crippen LogP contribution in [0.15, 0.2) is 23.4 Å². The highest BCUT2D eigenvalue weighted by Crippen LogP contribution is 2.29. The maximum absolute atomic E-state index is 11.2. The summed E-state index contributed by atoms with van der Waals surface area (Å²) in [5, 5.41) is 13.4. The lowest BCUT2D eigenvalue weighted by Crippen LogP contribution is -2.14. The van der Waals surface area contributed by atoms with Gasteiger partial charge in [-0.25, -0.2) is 14.5 Å². The molecule has 3 rings (SSSR count). The van der Waals surface area contributed by atoms with Gasteiger partial charge in [-0.15, -0.1) is 0 Å². The molecular weight excluding hydrogens is 288 g/mol. The Balaban J connectivity index is 2.03. The molecule has 0 fully saturated rings. The standard InChI is InChI=1S/C14H14N4O4/c1-8-5-18(14(15)17-8)16-4-10-2-9(13(19)20)3-11-6-21-7-22-12(10)11/h2-5H,6-7H2,1H3,(H2,15,17)(H,19,20). The number of nitrogens with two attached hydrogens (primary N) is 1. The van der Waals surface area contributed by atoms with Crippen molar-refractivity contribution in [3.8, 4) is 5.75 Å². The van der Waals surface area contributed by atoms with E-state index in [1.54, 1.807) is 13.1 Å². The topological polar surface area (TPSA) is 112 Å². The van der Waals surface area contributed by atoms with Crippen LogP contribution >= 0.6 is 0 Å². The Morgan fingerprint density at radius 3 is 3.05 bits per heavy atom. The molecule has 0 atom stereocenters. The van der Waals surface area contributed by atoms with Gasteiger partial charge in [0, 0.05) is 11.1 Å². The maximum atomic E-state index is 11.2. The highest BCUT2D eigenvalue weighted by molar-refractivity contribution is 5.93. The number of rotatable bonds is 3. The van der Waals surface area contributed by atoms with Crippen LogP contribution in [0.1, 0.15) is 27.2 Å². The largest absolute Gasteiger partial charge is 0.478 e. The smallest absolute Gasteiger partial charge is 0.335 e. The Kier molecular flexibility index (Phi) is 3.51. The summed E-state index contributed by atoms with van der Waals surface area (Å²) in [5.74, 6) is -0.210. The molecular formula is C14H14N4O4. The van der Waals surface area contributed by atoms with E-state index < -0.39 is 5.97 Å². The average Bonchev–Trinajstić information content (AvgIpc) is 2.82. The second kappa shape index (κ2) is 5.49. The van der Waals surface area contributed by atoms with E-state index in [9.17, 15) is 9.90 Å². The van der Waals surface area contributed by atoms with Gasteiger partial charge in [-0.1, -0.05) is 0 Å². The number of benzene rings is 1. The van der Waals surface area contributed by atoms with E-state index in [-0.39, 0.29) is 18.3 Å². The summed E-state index contributed by atoms with van der Waals surface area (Å²) in [6, 6.07) is 3.03. The summed E-state index contributed by atoms with van der Waals surface area (Å²) in [7, 11) is 0. The van der Waals surface area contributed by atoms with Gasteiger partial charge in [-0.05, 0) is 19.1 Å². The first-order valence-electron chi connectivity index (χ1n) is 6.51. The number of aromatic carboxylic acids is 1. The molecule has 0 unspecified atom stereocenters. The van der Waals surface area contributed by atoms with Crippen molar-refractivity contribution in [2.45, 2.75) is 13.5 Å². The molecule has 0 radical (unpaired) electrons. The minimum absolute atomic E-state index is 0.118. The summed E-state index contributed by atoms with van der Waals surface area (Å²) in [6.45, 7) is 2.21. The molecule has 114 valence electrons. The fourth-order valence-electron chi connectivity index (χ4n) is 2.19. The number of ether oxygens (including phenoxy) is 2. The van der Waals surface area contributed by atoms with Crippen LogP contribution in [0.5, 0.6) is 5.75 Å². The number of carbonyl (C=O) groups is 1. The Bertz CT molecular complexity index is 766. The third kappa shape index (κ3) is 2.63. The van der Waals surface area contributed by atoms with Crippen molar-refractivity contribution in [1.29, 1.82) is 0 Å². The summed E-state index contributed by atoms with van der Waals surface area (Å²) in [5.41, 5.74) is 7.81. The van der Waals surface area contributed by atoms with Gasteiger partial charge in [0.05, 0.1) is 30.3 Å². The van der Waals surface area contributed by atoms with Crippen LogP contribution in [0.25, 0.3) is 0 Å². The van der Waals surface area contributed by atoms with Crippen LogP contribution in [0.2, 0.25) is 0 Å². The van der Waals surface area contributed by atoms with Crippen molar-refractivity contribution in [1.82, 2.24) is 9.66 Å². The quantitative estimate of drug-likeness (QED) is 0.824. The van der Waals surface area contributed by atoms with Crippen LogP contribution in [0.4, 0.5) is 5.95 Å². The number of aromatic nitrogens is 2. The summed E-state index contributed by atoms with van der Waals surface area (Å²) < 4.78 is 12.0. The molecule has 1 aliphatic rings. The first-order chi connectivity index (χ1) is 10.5. The second-order valence-electron chi connectivity index (χ2n) is 4.80. The molecule has 0 bridgehead atoms. The van der Waals surface area contributed by atoms with E-state index in [1.165, 1.54) is 23.0 Å². The molecule has 1 aromatic heterocycles. The molecule has 0 spiro atoms. The number of hydrogen-bond donors (Lipinski definition) is 2. The number of carboxylic acids is 1. The minimum atomic E-state index is -1.03. The molecule has 0 saturated carbocycles. The number of imidazole rings is 1. The van der Waals surface area contributed by atoms with Crippen molar-refractivity contribution in [2.24, 2.45) is 5.10 Å². The van der Waals surface area contributed by atoms with Gasteiger partial charge in [0.2, 0.25) is 5.95 Å². The monoisotopic (exact) mass is 302 g/mol. The molecule has 22 heavy (non-hydrogen) atoms.